The summed E-state index contributed by atoms with van der Waals surface area (Å²) in [6, 6.07) is 3.13. The van der Waals surface area contributed by atoms with Crippen molar-refractivity contribution in [3.8, 4) is 0 Å². The van der Waals surface area contributed by atoms with Crippen molar-refractivity contribution in [2.45, 2.75) is 19.9 Å². The van der Waals surface area contributed by atoms with E-state index < -0.39 is 0 Å². The van der Waals surface area contributed by atoms with Crippen molar-refractivity contribution in [3.05, 3.63) is 58.0 Å². The first kappa shape index (κ1) is 16.4. The molecule has 0 aromatic carbocycles. The quantitative estimate of drug-likeness (QED) is 0.501. The summed E-state index contributed by atoms with van der Waals surface area (Å²) in [6.07, 6.45) is 8.05. The SMILES string of the molecule is C/C=C\c1c(/C=N\O)c(NC(C)c2ccncn2)cc(=O)n1C. The molecular weight excluding hydrogens is 294 g/mol. The highest BCUT2D eigenvalue weighted by molar-refractivity contribution is 5.91. The van der Waals surface area contributed by atoms with Gasteiger partial charge in [-0.25, -0.2) is 9.97 Å². The Balaban J connectivity index is 2.51. The number of oxime groups is 1. The molecule has 2 rings (SSSR count). The highest BCUT2D eigenvalue weighted by atomic mass is 16.4. The van der Waals surface area contributed by atoms with E-state index in [2.05, 4.69) is 20.4 Å². The van der Waals surface area contributed by atoms with E-state index in [0.717, 1.165) is 5.69 Å². The fraction of sp³-hybridized carbons (Fsp3) is 0.250. The molecule has 2 aromatic heterocycles. The van der Waals surface area contributed by atoms with Crippen molar-refractivity contribution in [1.29, 1.82) is 0 Å². The van der Waals surface area contributed by atoms with E-state index in [1.165, 1.54) is 23.2 Å². The molecule has 0 aliphatic carbocycles. The van der Waals surface area contributed by atoms with E-state index in [1.54, 1.807) is 25.4 Å². The predicted octanol–water partition coefficient (Wildman–Crippen LogP) is 2.19. The van der Waals surface area contributed by atoms with E-state index in [-0.39, 0.29) is 11.6 Å². The number of hydrogen-bond acceptors (Lipinski definition) is 6. The van der Waals surface area contributed by atoms with Crippen LogP contribution in [-0.2, 0) is 7.05 Å². The summed E-state index contributed by atoms with van der Waals surface area (Å²) in [4.78, 5) is 20.3. The van der Waals surface area contributed by atoms with Crippen molar-refractivity contribution in [2.24, 2.45) is 12.2 Å². The first-order valence-corrected chi connectivity index (χ1v) is 7.15. The van der Waals surface area contributed by atoms with E-state index in [1.807, 2.05) is 19.9 Å². The topological polar surface area (TPSA) is 92.4 Å². The number of rotatable bonds is 5. The Morgan fingerprint density at radius 3 is 2.87 bits per heavy atom. The zero-order chi connectivity index (χ0) is 16.8. The van der Waals surface area contributed by atoms with Crippen LogP contribution in [0.15, 0.2) is 40.7 Å². The Hall–Kier alpha value is -2.96. The summed E-state index contributed by atoms with van der Waals surface area (Å²) in [6.45, 7) is 3.78. The first-order chi connectivity index (χ1) is 11.1. The van der Waals surface area contributed by atoms with Crippen LogP contribution in [-0.4, -0.2) is 26.0 Å². The van der Waals surface area contributed by atoms with Crippen LogP contribution in [0.4, 0.5) is 5.69 Å². The molecule has 7 nitrogen and oxygen atoms in total. The highest BCUT2D eigenvalue weighted by Crippen LogP contribution is 2.22. The number of anilines is 1. The molecule has 23 heavy (non-hydrogen) atoms. The normalized spacial score (nSPS) is 12.8. The third-order valence-corrected chi connectivity index (χ3v) is 3.46. The minimum absolute atomic E-state index is 0.144. The van der Waals surface area contributed by atoms with Gasteiger partial charge in [-0.05, 0) is 26.0 Å². The number of hydrogen-bond donors (Lipinski definition) is 2. The number of aromatic nitrogens is 3. The smallest absolute Gasteiger partial charge is 0.252 e. The van der Waals surface area contributed by atoms with Crippen LogP contribution in [0.1, 0.15) is 36.8 Å². The third-order valence-electron chi connectivity index (χ3n) is 3.46. The summed E-state index contributed by atoms with van der Waals surface area (Å²) in [7, 11) is 1.67. The van der Waals surface area contributed by atoms with Gasteiger partial charge >= 0.3 is 0 Å². The second kappa shape index (κ2) is 7.35. The van der Waals surface area contributed by atoms with Gasteiger partial charge < -0.3 is 15.1 Å². The average Bonchev–Trinajstić information content (AvgIpc) is 2.56. The van der Waals surface area contributed by atoms with Gasteiger partial charge in [0.1, 0.15) is 6.33 Å². The fourth-order valence-corrected chi connectivity index (χ4v) is 2.27. The molecular formula is C16H19N5O2. The van der Waals surface area contributed by atoms with Gasteiger partial charge in [0.15, 0.2) is 0 Å². The lowest BCUT2D eigenvalue weighted by atomic mass is 10.1. The van der Waals surface area contributed by atoms with Gasteiger partial charge in [0.25, 0.3) is 5.56 Å². The third kappa shape index (κ3) is 3.63. The van der Waals surface area contributed by atoms with Crippen LogP contribution in [0.3, 0.4) is 0 Å². The molecule has 120 valence electrons. The maximum atomic E-state index is 12.2. The van der Waals surface area contributed by atoms with Gasteiger partial charge in [-0.2, -0.15) is 0 Å². The summed E-state index contributed by atoms with van der Waals surface area (Å²) in [5, 5.41) is 15.3. The second-order valence-corrected chi connectivity index (χ2v) is 5.00. The van der Waals surface area contributed by atoms with Crippen LogP contribution in [0, 0.1) is 0 Å². The van der Waals surface area contributed by atoms with Crippen molar-refractivity contribution in [3.63, 3.8) is 0 Å². The molecule has 2 aromatic rings. The number of allylic oxidation sites excluding steroid dienone is 1. The minimum atomic E-state index is -0.162. The number of nitrogens with zero attached hydrogens (tertiary/aromatic N) is 4. The molecule has 0 spiro atoms. The first-order valence-electron chi connectivity index (χ1n) is 7.15. The minimum Gasteiger partial charge on any atom is -0.411 e. The summed E-state index contributed by atoms with van der Waals surface area (Å²) in [5.74, 6) is 0. The van der Waals surface area contributed by atoms with E-state index >= 15 is 0 Å². The fourth-order valence-electron chi connectivity index (χ4n) is 2.27. The van der Waals surface area contributed by atoms with Crippen LogP contribution >= 0.6 is 0 Å². The second-order valence-electron chi connectivity index (χ2n) is 5.00. The summed E-state index contributed by atoms with van der Waals surface area (Å²) in [5.41, 5.74) is 2.47. The number of pyridine rings is 1. The highest BCUT2D eigenvalue weighted by Gasteiger charge is 2.14. The Morgan fingerprint density at radius 1 is 1.48 bits per heavy atom. The van der Waals surface area contributed by atoms with Crippen molar-refractivity contribution in [2.75, 3.05) is 5.32 Å². The maximum absolute atomic E-state index is 12.2. The average molecular weight is 313 g/mol. The van der Waals surface area contributed by atoms with Crippen LogP contribution < -0.4 is 10.9 Å². The molecule has 2 N–H and O–H groups in total. The molecule has 1 atom stereocenters. The van der Waals surface area contributed by atoms with Gasteiger partial charge in [-0.1, -0.05) is 11.2 Å². The largest absolute Gasteiger partial charge is 0.411 e. The molecule has 0 amide bonds. The maximum Gasteiger partial charge on any atom is 0.252 e. The zero-order valence-corrected chi connectivity index (χ0v) is 13.3. The van der Waals surface area contributed by atoms with E-state index in [0.29, 0.717) is 16.9 Å². The molecule has 1 unspecified atom stereocenters. The Labute approximate surface area is 134 Å². The lowest BCUT2D eigenvalue weighted by Gasteiger charge is -2.18. The summed E-state index contributed by atoms with van der Waals surface area (Å²) >= 11 is 0. The zero-order valence-electron chi connectivity index (χ0n) is 13.3. The Morgan fingerprint density at radius 2 is 2.26 bits per heavy atom. The molecule has 2 heterocycles. The van der Waals surface area contributed by atoms with Crippen molar-refractivity contribution in [1.82, 2.24) is 14.5 Å². The molecule has 0 aliphatic rings. The van der Waals surface area contributed by atoms with Crippen LogP contribution in [0.5, 0.6) is 0 Å². The van der Waals surface area contributed by atoms with E-state index in [4.69, 9.17) is 5.21 Å². The molecule has 7 heteroatoms. The molecule has 0 radical (unpaired) electrons. The standard InChI is InChI=1S/C16H19N5O2/c1-4-5-15-12(9-19-23)14(8-16(22)21(15)3)20-11(2)13-6-7-17-10-18-13/h4-11,20,23H,1-3H3/b5-4-,19-9-. The lowest BCUT2D eigenvalue weighted by molar-refractivity contribution is 0.322. The molecule has 0 saturated heterocycles. The van der Waals surface area contributed by atoms with Crippen LogP contribution in [0.2, 0.25) is 0 Å². The van der Waals surface area contributed by atoms with Gasteiger partial charge in [0, 0.05) is 24.9 Å². The van der Waals surface area contributed by atoms with Gasteiger partial charge in [-0.15, -0.1) is 0 Å². The molecule has 0 fully saturated rings. The van der Waals surface area contributed by atoms with Crippen LogP contribution in [0.25, 0.3) is 6.08 Å². The Kier molecular flexibility index (Phi) is 5.24. The molecule has 0 bridgehead atoms. The molecule has 0 saturated carbocycles. The summed E-state index contributed by atoms with van der Waals surface area (Å²) < 4.78 is 1.50. The lowest BCUT2D eigenvalue weighted by Crippen LogP contribution is -2.22. The van der Waals surface area contributed by atoms with Crippen molar-refractivity contribution >= 4 is 18.0 Å². The van der Waals surface area contributed by atoms with Crippen molar-refractivity contribution < 1.29 is 5.21 Å². The Bertz CT molecular complexity index is 781. The monoisotopic (exact) mass is 313 g/mol. The molecule has 0 aliphatic heterocycles. The van der Waals surface area contributed by atoms with Gasteiger partial charge in [-0.3, -0.25) is 4.79 Å². The van der Waals surface area contributed by atoms with Gasteiger partial charge in [0.05, 0.1) is 29.3 Å². The number of nitrogens with one attached hydrogen (secondary N) is 1. The predicted molar refractivity (Wildman–Crippen MR) is 89.8 cm³/mol. The van der Waals surface area contributed by atoms with E-state index in [9.17, 15) is 4.79 Å². The van der Waals surface area contributed by atoms with Gasteiger partial charge in [0.2, 0.25) is 0 Å².